The number of esters is 1. The zero-order valence-corrected chi connectivity index (χ0v) is 20.7. The maximum Gasteiger partial charge on any atom is 0.337 e. The SMILES string of the molecule is COC(=O)c1cccc(Cc2ccc3c(c2)c(C)c(C)n3CC(C)CN2CCN(C)CC2)c1. The molecule has 176 valence electrons. The van der Waals surface area contributed by atoms with Crippen molar-refractivity contribution in [3.8, 4) is 0 Å². The molecule has 33 heavy (non-hydrogen) atoms. The second-order valence-corrected chi connectivity index (χ2v) is 9.75. The Morgan fingerprint density at radius 2 is 1.73 bits per heavy atom. The summed E-state index contributed by atoms with van der Waals surface area (Å²) >= 11 is 0. The van der Waals surface area contributed by atoms with Gasteiger partial charge in [-0.2, -0.15) is 0 Å². The number of aromatic nitrogens is 1. The van der Waals surface area contributed by atoms with Gasteiger partial charge in [-0.1, -0.05) is 25.1 Å². The van der Waals surface area contributed by atoms with Crippen LogP contribution in [0.15, 0.2) is 42.5 Å². The number of hydrogen-bond acceptors (Lipinski definition) is 4. The number of benzene rings is 2. The maximum absolute atomic E-state index is 11.9. The predicted octanol–water partition coefficient (Wildman–Crippen LogP) is 4.52. The first kappa shape index (κ1) is 23.5. The third-order valence-electron chi connectivity index (χ3n) is 7.12. The molecule has 1 unspecified atom stereocenters. The number of methoxy groups -OCH3 is 1. The summed E-state index contributed by atoms with van der Waals surface area (Å²) in [6.45, 7) is 13.7. The van der Waals surface area contributed by atoms with Crippen LogP contribution in [0.2, 0.25) is 0 Å². The third kappa shape index (κ3) is 5.31. The third-order valence-corrected chi connectivity index (χ3v) is 7.12. The van der Waals surface area contributed by atoms with Gasteiger partial charge in [0.05, 0.1) is 12.7 Å². The van der Waals surface area contributed by atoms with E-state index >= 15 is 0 Å². The van der Waals surface area contributed by atoms with Gasteiger partial charge in [0, 0.05) is 55.9 Å². The van der Waals surface area contributed by atoms with Crippen molar-refractivity contribution in [2.45, 2.75) is 33.7 Å². The molecule has 0 aliphatic carbocycles. The van der Waals surface area contributed by atoms with Gasteiger partial charge in [0.15, 0.2) is 0 Å². The number of fused-ring (bicyclic) bond motifs is 1. The van der Waals surface area contributed by atoms with E-state index in [1.165, 1.54) is 61.0 Å². The molecular formula is C28H37N3O2. The summed E-state index contributed by atoms with van der Waals surface area (Å²) in [5, 5.41) is 1.33. The van der Waals surface area contributed by atoms with Gasteiger partial charge in [-0.15, -0.1) is 0 Å². The molecule has 4 rings (SSSR count). The van der Waals surface area contributed by atoms with E-state index in [0.717, 1.165) is 25.1 Å². The number of ether oxygens (including phenoxy) is 1. The number of rotatable bonds is 7. The van der Waals surface area contributed by atoms with Gasteiger partial charge >= 0.3 is 5.97 Å². The molecule has 5 nitrogen and oxygen atoms in total. The second kappa shape index (κ2) is 10.1. The number of aryl methyl sites for hydroxylation is 1. The molecule has 0 saturated carbocycles. The minimum Gasteiger partial charge on any atom is -0.465 e. The Hall–Kier alpha value is -2.63. The molecule has 3 aromatic rings. The molecule has 0 spiro atoms. The highest BCUT2D eigenvalue weighted by atomic mass is 16.5. The highest BCUT2D eigenvalue weighted by molar-refractivity contribution is 5.89. The number of nitrogens with zero attached hydrogens (tertiary/aromatic N) is 3. The van der Waals surface area contributed by atoms with Crippen LogP contribution in [-0.4, -0.2) is 67.2 Å². The van der Waals surface area contributed by atoms with Gasteiger partial charge < -0.3 is 19.1 Å². The van der Waals surface area contributed by atoms with Crippen molar-refractivity contribution in [3.05, 3.63) is 70.4 Å². The number of likely N-dealkylation sites (N-methyl/N-ethyl adjacent to an activating group) is 1. The molecular weight excluding hydrogens is 410 g/mol. The summed E-state index contributed by atoms with van der Waals surface area (Å²) in [5.74, 6) is 0.310. The molecule has 1 atom stereocenters. The largest absolute Gasteiger partial charge is 0.465 e. The standard InChI is InChI=1S/C28H37N3O2/c1-20(18-30-13-11-29(4)12-14-30)19-31-22(3)21(2)26-17-24(9-10-27(26)31)15-23-7-6-8-25(16-23)28(32)33-5/h6-10,16-17,20H,11-15,18-19H2,1-5H3. The number of carbonyl (C=O) groups is 1. The maximum atomic E-state index is 11.9. The van der Waals surface area contributed by atoms with E-state index in [0.29, 0.717) is 11.5 Å². The Kier molecular flexibility index (Phi) is 7.20. The van der Waals surface area contributed by atoms with Crippen LogP contribution in [0.25, 0.3) is 10.9 Å². The summed E-state index contributed by atoms with van der Waals surface area (Å²) in [4.78, 5) is 16.9. The van der Waals surface area contributed by atoms with Crippen LogP contribution in [-0.2, 0) is 17.7 Å². The normalized spacial score (nSPS) is 16.3. The van der Waals surface area contributed by atoms with Gasteiger partial charge in [-0.05, 0) is 74.2 Å². The number of piperazine rings is 1. The molecule has 0 amide bonds. The molecule has 1 fully saturated rings. The predicted molar refractivity (Wildman–Crippen MR) is 135 cm³/mol. The quantitative estimate of drug-likeness (QED) is 0.499. The monoisotopic (exact) mass is 447 g/mol. The van der Waals surface area contributed by atoms with Crippen LogP contribution >= 0.6 is 0 Å². The summed E-state index contributed by atoms with van der Waals surface area (Å²) in [5.41, 5.74) is 7.02. The summed E-state index contributed by atoms with van der Waals surface area (Å²) in [7, 11) is 3.63. The van der Waals surface area contributed by atoms with Crippen molar-refractivity contribution in [2.75, 3.05) is 46.9 Å². The molecule has 0 N–H and O–H groups in total. The van der Waals surface area contributed by atoms with Gasteiger partial charge in [0.1, 0.15) is 0 Å². The van der Waals surface area contributed by atoms with E-state index in [2.05, 4.69) is 66.5 Å². The van der Waals surface area contributed by atoms with Crippen molar-refractivity contribution in [3.63, 3.8) is 0 Å². The van der Waals surface area contributed by atoms with E-state index in [-0.39, 0.29) is 5.97 Å². The molecule has 2 aromatic carbocycles. The molecule has 5 heteroatoms. The van der Waals surface area contributed by atoms with Gasteiger partial charge in [0.2, 0.25) is 0 Å². The first-order valence-corrected chi connectivity index (χ1v) is 12.0. The average molecular weight is 448 g/mol. The summed E-state index contributed by atoms with van der Waals surface area (Å²) < 4.78 is 7.38. The van der Waals surface area contributed by atoms with Crippen molar-refractivity contribution in [1.29, 1.82) is 0 Å². The first-order chi connectivity index (χ1) is 15.9. The number of carbonyl (C=O) groups excluding carboxylic acids is 1. The Labute approximate surface area is 197 Å². The fourth-order valence-electron chi connectivity index (χ4n) is 5.04. The Morgan fingerprint density at radius 3 is 2.45 bits per heavy atom. The van der Waals surface area contributed by atoms with Crippen molar-refractivity contribution in [2.24, 2.45) is 5.92 Å². The summed E-state index contributed by atoms with van der Waals surface area (Å²) in [6, 6.07) is 14.6. The van der Waals surface area contributed by atoms with Crippen LogP contribution in [0.5, 0.6) is 0 Å². The van der Waals surface area contributed by atoms with Crippen LogP contribution in [0.4, 0.5) is 0 Å². The lowest BCUT2D eigenvalue weighted by Crippen LogP contribution is -2.46. The minimum atomic E-state index is -0.290. The minimum absolute atomic E-state index is 0.290. The first-order valence-electron chi connectivity index (χ1n) is 12.0. The molecule has 0 bridgehead atoms. The van der Waals surface area contributed by atoms with Crippen molar-refractivity contribution >= 4 is 16.9 Å². The lowest BCUT2D eigenvalue weighted by molar-refractivity contribution is 0.0600. The topological polar surface area (TPSA) is 37.7 Å². The van der Waals surface area contributed by atoms with Crippen LogP contribution in [0.1, 0.15) is 39.7 Å². The van der Waals surface area contributed by atoms with Crippen LogP contribution in [0.3, 0.4) is 0 Å². The fraction of sp³-hybridized carbons (Fsp3) is 0.464. The van der Waals surface area contributed by atoms with Gasteiger partial charge in [-0.3, -0.25) is 0 Å². The number of hydrogen-bond donors (Lipinski definition) is 0. The van der Waals surface area contributed by atoms with Gasteiger partial charge in [-0.25, -0.2) is 4.79 Å². The lowest BCUT2D eigenvalue weighted by atomic mass is 10.0. The highest BCUT2D eigenvalue weighted by Crippen LogP contribution is 2.28. The van der Waals surface area contributed by atoms with E-state index in [1.54, 1.807) is 6.07 Å². The molecule has 1 saturated heterocycles. The lowest BCUT2D eigenvalue weighted by Gasteiger charge is -2.34. The Balaban J connectivity index is 1.51. The Bertz CT molecular complexity index is 1130. The Morgan fingerprint density at radius 1 is 1.00 bits per heavy atom. The van der Waals surface area contributed by atoms with E-state index < -0.39 is 0 Å². The van der Waals surface area contributed by atoms with Gasteiger partial charge in [0.25, 0.3) is 0 Å². The van der Waals surface area contributed by atoms with Crippen LogP contribution < -0.4 is 0 Å². The van der Waals surface area contributed by atoms with Crippen molar-refractivity contribution < 1.29 is 9.53 Å². The smallest absolute Gasteiger partial charge is 0.337 e. The molecule has 0 radical (unpaired) electrons. The zero-order chi connectivity index (χ0) is 23.5. The van der Waals surface area contributed by atoms with Crippen molar-refractivity contribution in [1.82, 2.24) is 14.4 Å². The molecule has 1 aliphatic rings. The summed E-state index contributed by atoms with van der Waals surface area (Å²) in [6.07, 6.45) is 0.796. The zero-order valence-electron chi connectivity index (χ0n) is 20.7. The molecule has 1 aliphatic heterocycles. The fourth-order valence-corrected chi connectivity index (χ4v) is 5.04. The average Bonchev–Trinajstić information content (AvgIpc) is 3.04. The van der Waals surface area contributed by atoms with E-state index in [4.69, 9.17) is 4.74 Å². The second-order valence-electron chi connectivity index (χ2n) is 9.75. The highest BCUT2D eigenvalue weighted by Gasteiger charge is 2.19. The van der Waals surface area contributed by atoms with E-state index in [9.17, 15) is 4.79 Å². The molecule has 1 aromatic heterocycles. The molecule has 2 heterocycles. The van der Waals surface area contributed by atoms with Crippen LogP contribution in [0, 0.1) is 19.8 Å². The van der Waals surface area contributed by atoms with E-state index in [1.807, 2.05) is 12.1 Å².